The van der Waals surface area contributed by atoms with E-state index in [9.17, 15) is 4.79 Å². The summed E-state index contributed by atoms with van der Waals surface area (Å²) < 4.78 is 10.9. The number of carbonyl (C=O) groups excluding carboxylic acids is 1. The van der Waals surface area contributed by atoms with Crippen molar-refractivity contribution in [3.05, 3.63) is 41.8 Å². The van der Waals surface area contributed by atoms with E-state index in [-0.39, 0.29) is 12.0 Å². The highest BCUT2D eigenvalue weighted by molar-refractivity contribution is 5.80. The molecule has 0 saturated carbocycles. The molecule has 0 spiro atoms. The van der Waals surface area contributed by atoms with Crippen molar-refractivity contribution >= 4 is 5.91 Å². The van der Waals surface area contributed by atoms with Gasteiger partial charge in [-0.25, -0.2) is 4.98 Å². The summed E-state index contributed by atoms with van der Waals surface area (Å²) >= 11 is 0. The number of hydrogen-bond acceptors (Lipinski definition) is 4. The Bertz CT molecular complexity index is 619. The minimum Gasteiger partial charge on any atom is -0.444 e. The summed E-state index contributed by atoms with van der Waals surface area (Å²) in [5, 5.41) is 2.88. The van der Waals surface area contributed by atoms with Gasteiger partial charge in [-0.05, 0) is 32.4 Å². The van der Waals surface area contributed by atoms with Gasteiger partial charge in [0.1, 0.15) is 12.4 Å². The van der Waals surface area contributed by atoms with Crippen molar-refractivity contribution in [1.82, 2.24) is 10.3 Å². The smallest absolute Gasteiger partial charge is 0.249 e. The van der Waals surface area contributed by atoms with Gasteiger partial charge in [-0.1, -0.05) is 24.6 Å². The normalized spacial score (nSPS) is 12.1. The Morgan fingerprint density at radius 2 is 2.04 bits per heavy atom. The highest BCUT2D eigenvalue weighted by Gasteiger charge is 2.15. The maximum Gasteiger partial charge on any atom is 0.249 e. The molecule has 124 valence electrons. The van der Waals surface area contributed by atoms with Crippen LogP contribution in [0.1, 0.15) is 31.5 Å². The van der Waals surface area contributed by atoms with Gasteiger partial charge in [-0.3, -0.25) is 4.79 Å². The van der Waals surface area contributed by atoms with E-state index in [1.54, 1.807) is 6.26 Å². The summed E-state index contributed by atoms with van der Waals surface area (Å²) in [4.78, 5) is 16.4. The molecule has 23 heavy (non-hydrogen) atoms. The number of carbonyl (C=O) groups is 1. The second-order valence-electron chi connectivity index (χ2n) is 5.40. The lowest BCUT2D eigenvalue weighted by molar-refractivity contribution is -0.132. The zero-order valence-corrected chi connectivity index (χ0v) is 14.0. The minimum atomic E-state index is -0.375. The van der Waals surface area contributed by atoms with Crippen LogP contribution < -0.4 is 5.32 Å². The number of hydrogen-bond donors (Lipinski definition) is 1. The maximum atomic E-state index is 11.9. The van der Waals surface area contributed by atoms with Crippen molar-refractivity contribution in [2.45, 2.75) is 39.7 Å². The lowest BCUT2D eigenvalue weighted by Crippen LogP contribution is -2.37. The van der Waals surface area contributed by atoms with E-state index in [0.29, 0.717) is 31.9 Å². The average Bonchev–Trinajstić information content (AvgIpc) is 3.02. The predicted molar refractivity (Wildman–Crippen MR) is 89.1 cm³/mol. The van der Waals surface area contributed by atoms with Gasteiger partial charge >= 0.3 is 0 Å². The lowest BCUT2D eigenvalue weighted by atomic mass is 10.1. The highest BCUT2D eigenvalue weighted by Crippen LogP contribution is 2.19. The molecule has 1 aromatic carbocycles. The number of nitrogens with one attached hydrogen (secondary N) is 1. The Kier molecular flexibility index (Phi) is 6.35. The third-order valence-electron chi connectivity index (χ3n) is 3.56. The van der Waals surface area contributed by atoms with Gasteiger partial charge in [0.25, 0.3) is 0 Å². The fraction of sp³-hybridized carbons (Fsp3) is 0.444. The van der Waals surface area contributed by atoms with E-state index in [1.807, 2.05) is 45.0 Å². The van der Waals surface area contributed by atoms with Crippen molar-refractivity contribution in [2.24, 2.45) is 0 Å². The summed E-state index contributed by atoms with van der Waals surface area (Å²) in [5.41, 5.74) is 2.97. The first-order valence-corrected chi connectivity index (χ1v) is 8.04. The summed E-state index contributed by atoms with van der Waals surface area (Å²) in [6, 6.07) is 8.03. The van der Waals surface area contributed by atoms with Gasteiger partial charge in [0.15, 0.2) is 0 Å². The number of aryl methyl sites for hydroxylation is 1. The number of ether oxygens (including phenoxy) is 1. The third kappa shape index (κ3) is 4.93. The minimum absolute atomic E-state index is 0.0726. The summed E-state index contributed by atoms with van der Waals surface area (Å²) in [5.74, 6) is 0.531. The van der Waals surface area contributed by atoms with Crippen molar-refractivity contribution < 1.29 is 13.9 Å². The second-order valence-corrected chi connectivity index (χ2v) is 5.40. The zero-order chi connectivity index (χ0) is 16.7. The molecule has 1 N–H and O–H groups in total. The SMILES string of the molecule is CCO[C@H](CC)C(=O)NCCc1coc(-c2ccc(C)cc2)n1. The van der Waals surface area contributed by atoms with Crippen LogP contribution in [0.5, 0.6) is 0 Å². The molecule has 0 fully saturated rings. The number of nitrogens with zero attached hydrogens (tertiary/aromatic N) is 1. The molecule has 0 bridgehead atoms. The van der Waals surface area contributed by atoms with E-state index in [4.69, 9.17) is 9.15 Å². The van der Waals surface area contributed by atoms with E-state index < -0.39 is 0 Å². The van der Waals surface area contributed by atoms with Crippen LogP contribution in [0.3, 0.4) is 0 Å². The molecule has 2 aromatic rings. The number of rotatable bonds is 8. The number of aromatic nitrogens is 1. The Hall–Kier alpha value is -2.14. The molecule has 1 atom stereocenters. The Labute approximate surface area is 137 Å². The molecule has 2 rings (SSSR count). The molecule has 0 aliphatic heterocycles. The molecular formula is C18H24N2O3. The predicted octanol–water partition coefficient (Wildman–Crippen LogP) is 3.12. The first-order chi connectivity index (χ1) is 11.1. The van der Waals surface area contributed by atoms with Crippen LogP contribution in [-0.2, 0) is 16.0 Å². The molecular weight excluding hydrogens is 292 g/mol. The van der Waals surface area contributed by atoms with E-state index in [0.717, 1.165) is 11.3 Å². The van der Waals surface area contributed by atoms with Gasteiger partial charge in [-0.2, -0.15) is 0 Å². The molecule has 1 heterocycles. The molecule has 0 radical (unpaired) electrons. The van der Waals surface area contributed by atoms with Crippen molar-refractivity contribution in [1.29, 1.82) is 0 Å². The zero-order valence-electron chi connectivity index (χ0n) is 14.0. The number of amides is 1. The Morgan fingerprint density at radius 3 is 2.70 bits per heavy atom. The van der Waals surface area contributed by atoms with Gasteiger partial charge in [0, 0.05) is 25.1 Å². The summed E-state index contributed by atoms with van der Waals surface area (Å²) in [6.07, 6.45) is 2.56. The monoisotopic (exact) mass is 316 g/mol. The van der Waals surface area contributed by atoms with E-state index in [2.05, 4.69) is 10.3 Å². The van der Waals surface area contributed by atoms with Crippen LogP contribution in [0, 0.1) is 6.92 Å². The fourth-order valence-electron chi connectivity index (χ4n) is 2.26. The van der Waals surface area contributed by atoms with Crippen LogP contribution in [0.2, 0.25) is 0 Å². The van der Waals surface area contributed by atoms with E-state index >= 15 is 0 Å². The topological polar surface area (TPSA) is 64.4 Å². The first kappa shape index (κ1) is 17.2. The summed E-state index contributed by atoms with van der Waals surface area (Å²) in [7, 11) is 0. The van der Waals surface area contributed by atoms with Gasteiger partial charge in [0.05, 0.1) is 5.69 Å². The van der Waals surface area contributed by atoms with Gasteiger partial charge in [-0.15, -0.1) is 0 Å². The molecule has 0 aliphatic rings. The third-order valence-corrected chi connectivity index (χ3v) is 3.56. The van der Waals surface area contributed by atoms with Crippen LogP contribution in [0.4, 0.5) is 0 Å². The van der Waals surface area contributed by atoms with Gasteiger partial charge < -0.3 is 14.5 Å². The van der Waals surface area contributed by atoms with Crippen LogP contribution >= 0.6 is 0 Å². The quantitative estimate of drug-likeness (QED) is 0.812. The number of oxazole rings is 1. The molecule has 1 aromatic heterocycles. The van der Waals surface area contributed by atoms with Crippen LogP contribution in [0.25, 0.3) is 11.5 Å². The second kappa shape index (κ2) is 8.48. The molecule has 0 unspecified atom stereocenters. The van der Waals surface area contributed by atoms with Gasteiger partial charge in [0.2, 0.25) is 11.8 Å². The maximum absolute atomic E-state index is 11.9. The Balaban J connectivity index is 1.85. The van der Waals surface area contributed by atoms with Crippen LogP contribution in [-0.4, -0.2) is 30.1 Å². The van der Waals surface area contributed by atoms with E-state index in [1.165, 1.54) is 5.56 Å². The number of benzene rings is 1. The fourth-order valence-corrected chi connectivity index (χ4v) is 2.26. The van der Waals surface area contributed by atoms with Crippen molar-refractivity contribution in [3.8, 4) is 11.5 Å². The molecule has 0 saturated heterocycles. The van der Waals surface area contributed by atoms with Crippen molar-refractivity contribution in [2.75, 3.05) is 13.2 Å². The molecule has 5 heteroatoms. The highest BCUT2D eigenvalue weighted by atomic mass is 16.5. The lowest BCUT2D eigenvalue weighted by Gasteiger charge is -2.14. The Morgan fingerprint density at radius 1 is 1.30 bits per heavy atom. The van der Waals surface area contributed by atoms with Crippen LogP contribution in [0.15, 0.2) is 34.9 Å². The first-order valence-electron chi connectivity index (χ1n) is 8.04. The molecule has 1 amide bonds. The largest absolute Gasteiger partial charge is 0.444 e. The average molecular weight is 316 g/mol. The standard InChI is InChI=1S/C18H24N2O3/c1-4-16(22-5-2)17(21)19-11-10-15-12-23-18(20-15)14-8-6-13(3)7-9-14/h6-9,12,16H,4-5,10-11H2,1-3H3,(H,19,21)/t16-/m1/s1. The summed E-state index contributed by atoms with van der Waals surface area (Å²) in [6.45, 7) is 6.92. The molecule has 0 aliphatic carbocycles. The van der Waals surface area contributed by atoms with Crippen molar-refractivity contribution in [3.63, 3.8) is 0 Å². The molecule has 5 nitrogen and oxygen atoms in total.